The number of benzene rings is 1. The van der Waals surface area contributed by atoms with Crippen LogP contribution in [0.25, 0.3) is 0 Å². The summed E-state index contributed by atoms with van der Waals surface area (Å²) in [6, 6.07) is 5.06. The minimum absolute atomic E-state index is 0.0920. The molecule has 1 unspecified atom stereocenters. The van der Waals surface area contributed by atoms with Crippen molar-refractivity contribution < 1.29 is 13.2 Å². The van der Waals surface area contributed by atoms with Gasteiger partial charge in [-0.1, -0.05) is 18.5 Å². The smallest absolute Gasteiger partial charge is 0.241 e. The lowest BCUT2D eigenvalue weighted by molar-refractivity contribution is -0.122. The van der Waals surface area contributed by atoms with Crippen molar-refractivity contribution in [2.45, 2.75) is 30.7 Å². The molecule has 0 spiro atoms. The van der Waals surface area contributed by atoms with Gasteiger partial charge in [-0.3, -0.25) is 4.79 Å². The molecule has 0 aliphatic rings. The van der Waals surface area contributed by atoms with E-state index in [2.05, 4.69) is 10.0 Å². The van der Waals surface area contributed by atoms with Gasteiger partial charge in [0, 0.05) is 11.6 Å². The molecule has 5 nitrogen and oxygen atoms in total. The van der Waals surface area contributed by atoms with E-state index in [0.29, 0.717) is 23.7 Å². The Morgan fingerprint density at radius 3 is 2.50 bits per heavy atom. The van der Waals surface area contributed by atoms with Crippen LogP contribution in [0.3, 0.4) is 0 Å². The first-order valence-corrected chi connectivity index (χ1v) is 10.2. The van der Waals surface area contributed by atoms with Crippen molar-refractivity contribution in [3.8, 4) is 0 Å². The molecule has 8 heteroatoms. The van der Waals surface area contributed by atoms with Crippen molar-refractivity contribution in [2.24, 2.45) is 0 Å². The van der Waals surface area contributed by atoms with Crippen LogP contribution in [0.4, 0.5) is 0 Å². The highest BCUT2D eigenvalue weighted by Gasteiger charge is 2.25. The maximum Gasteiger partial charge on any atom is 0.241 e. The highest BCUT2D eigenvalue weighted by molar-refractivity contribution is 7.98. The van der Waals surface area contributed by atoms with Crippen LogP contribution in [0.1, 0.15) is 19.8 Å². The molecule has 0 bridgehead atoms. The second kappa shape index (κ2) is 9.39. The minimum atomic E-state index is -3.76. The first kappa shape index (κ1) is 19.3. The van der Waals surface area contributed by atoms with Gasteiger partial charge in [-0.25, -0.2) is 8.42 Å². The zero-order valence-electron chi connectivity index (χ0n) is 12.6. The second-order valence-electron chi connectivity index (χ2n) is 4.70. The standard InChI is InChI=1S/C14H21ClN2O3S2/c1-3-9-16-14(18)13(8-10-21-2)17-22(19,20)12-6-4-11(15)5-7-12/h4-7,13,17H,3,8-10H2,1-2H3,(H,16,18). The van der Waals surface area contributed by atoms with E-state index in [-0.39, 0.29) is 10.8 Å². The van der Waals surface area contributed by atoms with E-state index in [0.717, 1.165) is 6.42 Å². The number of hydrogen-bond acceptors (Lipinski definition) is 4. The van der Waals surface area contributed by atoms with Gasteiger partial charge in [0.05, 0.1) is 4.90 Å². The fraction of sp³-hybridized carbons (Fsp3) is 0.500. The summed E-state index contributed by atoms with van der Waals surface area (Å²) in [7, 11) is -3.76. The van der Waals surface area contributed by atoms with E-state index in [1.165, 1.54) is 24.3 Å². The van der Waals surface area contributed by atoms with Crippen molar-refractivity contribution >= 4 is 39.3 Å². The summed E-state index contributed by atoms with van der Waals surface area (Å²) >= 11 is 7.32. The number of nitrogens with one attached hydrogen (secondary N) is 2. The quantitative estimate of drug-likeness (QED) is 0.704. The van der Waals surface area contributed by atoms with Gasteiger partial charge in [0.1, 0.15) is 6.04 Å². The number of carbonyl (C=O) groups is 1. The predicted octanol–water partition coefficient (Wildman–Crippen LogP) is 2.27. The number of thioether (sulfide) groups is 1. The highest BCUT2D eigenvalue weighted by Crippen LogP contribution is 2.15. The summed E-state index contributed by atoms with van der Waals surface area (Å²) in [6.45, 7) is 2.46. The zero-order chi connectivity index (χ0) is 16.6. The van der Waals surface area contributed by atoms with Crippen molar-refractivity contribution in [2.75, 3.05) is 18.6 Å². The number of carbonyl (C=O) groups excluding carboxylic acids is 1. The summed E-state index contributed by atoms with van der Waals surface area (Å²) in [5.41, 5.74) is 0. The number of rotatable bonds is 9. The molecule has 1 rings (SSSR count). The Balaban J connectivity index is 2.86. The third kappa shape index (κ3) is 6.16. The van der Waals surface area contributed by atoms with Gasteiger partial charge in [-0.15, -0.1) is 0 Å². The van der Waals surface area contributed by atoms with Crippen LogP contribution in [0.15, 0.2) is 29.2 Å². The largest absolute Gasteiger partial charge is 0.355 e. The van der Waals surface area contributed by atoms with Gasteiger partial charge in [-0.05, 0) is 49.1 Å². The lowest BCUT2D eigenvalue weighted by atomic mass is 10.2. The van der Waals surface area contributed by atoms with E-state index in [1.807, 2.05) is 13.2 Å². The fourth-order valence-electron chi connectivity index (χ4n) is 1.72. The molecule has 0 saturated heterocycles. The summed E-state index contributed by atoms with van der Waals surface area (Å²) in [5, 5.41) is 3.19. The van der Waals surface area contributed by atoms with E-state index < -0.39 is 16.1 Å². The topological polar surface area (TPSA) is 75.3 Å². The van der Waals surface area contributed by atoms with Crippen molar-refractivity contribution in [1.82, 2.24) is 10.0 Å². The van der Waals surface area contributed by atoms with Gasteiger partial charge in [0.2, 0.25) is 15.9 Å². The Labute approximate surface area is 141 Å². The van der Waals surface area contributed by atoms with Crippen LogP contribution in [-0.2, 0) is 14.8 Å². The molecule has 0 aliphatic heterocycles. The van der Waals surface area contributed by atoms with E-state index >= 15 is 0 Å². The lowest BCUT2D eigenvalue weighted by Gasteiger charge is -2.18. The molecule has 1 aromatic carbocycles. The van der Waals surface area contributed by atoms with Crippen LogP contribution in [0.5, 0.6) is 0 Å². The third-order valence-electron chi connectivity index (χ3n) is 2.90. The first-order valence-electron chi connectivity index (χ1n) is 6.95. The fourth-order valence-corrected chi connectivity index (χ4v) is 3.55. The molecule has 22 heavy (non-hydrogen) atoms. The minimum Gasteiger partial charge on any atom is -0.355 e. The molecule has 1 amide bonds. The number of hydrogen-bond donors (Lipinski definition) is 2. The molecule has 0 heterocycles. The van der Waals surface area contributed by atoms with Crippen molar-refractivity contribution in [1.29, 1.82) is 0 Å². The van der Waals surface area contributed by atoms with Crippen LogP contribution >= 0.6 is 23.4 Å². The average Bonchev–Trinajstić information content (AvgIpc) is 2.49. The van der Waals surface area contributed by atoms with Crippen LogP contribution in [0.2, 0.25) is 5.02 Å². The number of amides is 1. The van der Waals surface area contributed by atoms with E-state index in [4.69, 9.17) is 11.6 Å². The Kier molecular flexibility index (Phi) is 8.24. The molecule has 0 aliphatic carbocycles. The van der Waals surface area contributed by atoms with Gasteiger partial charge in [0.15, 0.2) is 0 Å². The number of sulfonamides is 1. The Morgan fingerprint density at radius 1 is 1.32 bits per heavy atom. The molecule has 0 saturated carbocycles. The molecule has 0 aromatic heterocycles. The van der Waals surface area contributed by atoms with E-state index in [9.17, 15) is 13.2 Å². The SMILES string of the molecule is CCCNC(=O)C(CCSC)NS(=O)(=O)c1ccc(Cl)cc1. The molecule has 1 aromatic rings. The van der Waals surface area contributed by atoms with Crippen LogP contribution < -0.4 is 10.0 Å². The molecular formula is C14H21ClN2O3S2. The van der Waals surface area contributed by atoms with Gasteiger partial charge >= 0.3 is 0 Å². The normalized spacial score (nSPS) is 12.9. The molecule has 1 atom stereocenters. The van der Waals surface area contributed by atoms with Crippen molar-refractivity contribution in [3.05, 3.63) is 29.3 Å². The Morgan fingerprint density at radius 2 is 1.95 bits per heavy atom. The van der Waals surface area contributed by atoms with E-state index in [1.54, 1.807) is 11.8 Å². The molecular weight excluding hydrogens is 344 g/mol. The predicted molar refractivity (Wildman–Crippen MR) is 91.9 cm³/mol. The zero-order valence-corrected chi connectivity index (χ0v) is 15.0. The van der Waals surface area contributed by atoms with Gasteiger partial charge in [0.25, 0.3) is 0 Å². The third-order valence-corrected chi connectivity index (χ3v) is 5.28. The van der Waals surface area contributed by atoms with Gasteiger partial charge < -0.3 is 5.32 Å². The van der Waals surface area contributed by atoms with Crippen molar-refractivity contribution in [3.63, 3.8) is 0 Å². The molecule has 124 valence electrons. The Bertz CT molecular complexity index is 576. The molecule has 0 fully saturated rings. The molecule has 0 radical (unpaired) electrons. The van der Waals surface area contributed by atoms with Gasteiger partial charge in [-0.2, -0.15) is 16.5 Å². The number of halogens is 1. The first-order chi connectivity index (χ1) is 10.4. The molecule has 2 N–H and O–H groups in total. The average molecular weight is 365 g/mol. The summed E-state index contributed by atoms with van der Waals surface area (Å²) < 4.78 is 27.2. The Hall–Kier alpha value is -0.760. The lowest BCUT2D eigenvalue weighted by Crippen LogP contribution is -2.47. The summed E-state index contributed by atoms with van der Waals surface area (Å²) in [6.07, 6.45) is 3.14. The summed E-state index contributed by atoms with van der Waals surface area (Å²) in [4.78, 5) is 12.2. The monoisotopic (exact) mass is 364 g/mol. The maximum atomic E-state index is 12.4. The maximum absolute atomic E-state index is 12.4. The second-order valence-corrected chi connectivity index (χ2v) is 7.84. The highest BCUT2D eigenvalue weighted by atomic mass is 35.5. The van der Waals surface area contributed by atoms with Crippen LogP contribution in [0, 0.1) is 0 Å². The summed E-state index contributed by atoms with van der Waals surface area (Å²) in [5.74, 6) is 0.390. The van der Waals surface area contributed by atoms with Crippen LogP contribution in [-0.4, -0.2) is 38.9 Å².